The molecule has 1 unspecified atom stereocenters. The van der Waals surface area contributed by atoms with Gasteiger partial charge in [-0.15, -0.1) is 0 Å². The Kier molecular flexibility index (Phi) is 6.53. The fourth-order valence-corrected chi connectivity index (χ4v) is 3.97. The Bertz CT molecular complexity index is 451. The number of hydrogen-bond donors (Lipinski definition) is 0. The van der Waals surface area contributed by atoms with E-state index >= 15 is 0 Å². The first-order valence-corrected chi connectivity index (χ1v) is 9.81. The zero-order valence-corrected chi connectivity index (χ0v) is 15.5. The van der Waals surface area contributed by atoms with E-state index in [9.17, 15) is 9.59 Å². The molecule has 3 aliphatic rings. The predicted molar refractivity (Wildman–Crippen MR) is 95.4 cm³/mol. The van der Waals surface area contributed by atoms with Gasteiger partial charge in [0, 0.05) is 52.4 Å². The molecule has 3 rings (SSSR count). The Hall–Kier alpha value is -1.34. The van der Waals surface area contributed by atoms with E-state index in [-0.39, 0.29) is 18.0 Å². The van der Waals surface area contributed by atoms with E-state index in [1.165, 1.54) is 12.8 Å². The van der Waals surface area contributed by atoms with E-state index in [0.29, 0.717) is 39.4 Å². The molecule has 1 atom stereocenters. The number of nitrogens with zero attached hydrogens (tertiary/aromatic N) is 4. The van der Waals surface area contributed by atoms with Crippen molar-refractivity contribution in [1.82, 2.24) is 19.6 Å². The zero-order chi connectivity index (χ0) is 17.6. The minimum absolute atomic E-state index is 0.0845. The molecule has 3 fully saturated rings. The molecule has 7 nitrogen and oxygen atoms in total. The summed E-state index contributed by atoms with van der Waals surface area (Å²) in [5.41, 5.74) is 0. The molecule has 142 valence electrons. The summed E-state index contributed by atoms with van der Waals surface area (Å²) in [5.74, 6) is 0.259. The van der Waals surface area contributed by atoms with E-state index in [4.69, 9.17) is 4.74 Å². The zero-order valence-electron chi connectivity index (χ0n) is 15.5. The fraction of sp³-hybridized carbons (Fsp3) is 0.889. The summed E-state index contributed by atoms with van der Waals surface area (Å²) in [6.45, 7) is 9.41. The summed E-state index contributed by atoms with van der Waals surface area (Å²) in [5, 5.41) is 0. The van der Waals surface area contributed by atoms with Gasteiger partial charge in [0.25, 0.3) is 0 Å². The molecule has 0 aromatic heterocycles. The fourth-order valence-electron chi connectivity index (χ4n) is 3.97. The Morgan fingerprint density at radius 3 is 1.88 bits per heavy atom. The SMILES string of the molecule is CC(C(=O)N1CCCCCC1)N1CCN(C(=O)N2CCOCC2)CC1. The average Bonchev–Trinajstić information content (AvgIpc) is 2.96. The standard InChI is InChI=1S/C18H32N4O3/c1-16(17(23)20-6-4-2-3-5-7-20)19-8-10-21(11-9-19)18(24)22-12-14-25-15-13-22/h16H,2-15H2,1H3. The lowest BCUT2D eigenvalue weighted by atomic mass is 10.2. The van der Waals surface area contributed by atoms with Crippen LogP contribution in [-0.2, 0) is 9.53 Å². The summed E-state index contributed by atoms with van der Waals surface area (Å²) in [7, 11) is 0. The van der Waals surface area contributed by atoms with Gasteiger partial charge >= 0.3 is 6.03 Å². The van der Waals surface area contributed by atoms with Crippen LogP contribution in [0.2, 0.25) is 0 Å². The van der Waals surface area contributed by atoms with Crippen LogP contribution in [0.5, 0.6) is 0 Å². The number of piperazine rings is 1. The lowest BCUT2D eigenvalue weighted by molar-refractivity contribution is -0.137. The molecule has 7 heteroatoms. The summed E-state index contributed by atoms with van der Waals surface area (Å²) < 4.78 is 5.32. The van der Waals surface area contributed by atoms with Gasteiger partial charge in [0.15, 0.2) is 0 Å². The van der Waals surface area contributed by atoms with Crippen LogP contribution in [0.4, 0.5) is 4.79 Å². The highest BCUT2D eigenvalue weighted by atomic mass is 16.5. The maximum Gasteiger partial charge on any atom is 0.320 e. The molecule has 0 radical (unpaired) electrons. The molecule has 0 saturated carbocycles. The Balaban J connectivity index is 1.47. The molecule has 25 heavy (non-hydrogen) atoms. The van der Waals surface area contributed by atoms with E-state index < -0.39 is 0 Å². The lowest BCUT2D eigenvalue weighted by Crippen LogP contribution is -2.58. The van der Waals surface area contributed by atoms with Gasteiger partial charge in [0.05, 0.1) is 19.3 Å². The second-order valence-electron chi connectivity index (χ2n) is 7.32. The van der Waals surface area contributed by atoms with Gasteiger partial charge in [-0.05, 0) is 19.8 Å². The second kappa shape index (κ2) is 8.85. The van der Waals surface area contributed by atoms with Crippen molar-refractivity contribution in [2.45, 2.75) is 38.6 Å². The van der Waals surface area contributed by atoms with Gasteiger partial charge in [-0.25, -0.2) is 4.79 Å². The number of urea groups is 1. The number of amides is 3. The van der Waals surface area contributed by atoms with Gasteiger partial charge in [-0.2, -0.15) is 0 Å². The number of hydrogen-bond acceptors (Lipinski definition) is 4. The van der Waals surface area contributed by atoms with Crippen LogP contribution in [0.3, 0.4) is 0 Å². The lowest BCUT2D eigenvalue weighted by Gasteiger charge is -2.41. The smallest absolute Gasteiger partial charge is 0.320 e. The monoisotopic (exact) mass is 352 g/mol. The van der Waals surface area contributed by atoms with Gasteiger partial charge < -0.3 is 19.4 Å². The topological polar surface area (TPSA) is 56.3 Å². The predicted octanol–water partition coefficient (Wildman–Crippen LogP) is 0.847. The van der Waals surface area contributed by atoms with Crippen LogP contribution in [-0.4, -0.2) is 103 Å². The highest BCUT2D eigenvalue weighted by molar-refractivity contribution is 5.81. The number of carbonyl (C=O) groups is 2. The number of ether oxygens (including phenoxy) is 1. The molecule has 3 amide bonds. The van der Waals surface area contributed by atoms with Crippen molar-refractivity contribution in [2.75, 3.05) is 65.6 Å². The van der Waals surface area contributed by atoms with E-state index in [1.54, 1.807) is 0 Å². The first-order chi connectivity index (χ1) is 12.2. The van der Waals surface area contributed by atoms with Crippen LogP contribution in [0.25, 0.3) is 0 Å². The molecule has 0 aromatic rings. The minimum atomic E-state index is -0.0845. The number of rotatable bonds is 2. The Labute approximate surface area is 150 Å². The van der Waals surface area contributed by atoms with Gasteiger partial charge in [0.1, 0.15) is 0 Å². The van der Waals surface area contributed by atoms with Crippen molar-refractivity contribution < 1.29 is 14.3 Å². The molecule has 0 aromatic carbocycles. The normalized spacial score (nSPS) is 24.8. The summed E-state index contributed by atoms with van der Waals surface area (Å²) >= 11 is 0. The van der Waals surface area contributed by atoms with Crippen molar-refractivity contribution in [3.63, 3.8) is 0 Å². The van der Waals surface area contributed by atoms with Crippen LogP contribution >= 0.6 is 0 Å². The molecular weight excluding hydrogens is 320 g/mol. The summed E-state index contributed by atoms with van der Waals surface area (Å²) in [6.07, 6.45) is 4.72. The second-order valence-corrected chi connectivity index (χ2v) is 7.32. The van der Waals surface area contributed by atoms with Crippen molar-refractivity contribution in [1.29, 1.82) is 0 Å². The van der Waals surface area contributed by atoms with Crippen molar-refractivity contribution in [2.24, 2.45) is 0 Å². The van der Waals surface area contributed by atoms with E-state index in [1.807, 2.05) is 21.6 Å². The van der Waals surface area contributed by atoms with Crippen LogP contribution < -0.4 is 0 Å². The third kappa shape index (κ3) is 4.64. The number of likely N-dealkylation sites (tertiary alicyclic amines) is 1. The Morgan fingerprint density at radius 1 is 0.720 bits per heavy atom. The van der Waals surface area contributed by atoms with Gasteiger partial charge in [-0.1, -0.05) is 12.8 Å². The van der Waals surface area contributed by atoms with Crippen molar-refractivity contribution >= 4 is 11.9 Å². The molecule has 3 heterocycles. The maximum absolute atomic E-state index is 12.8. The minimum Gasteiger partial charge on any atom is -0.378 e. The van der Waals surface area contributed by atoms with Gasteiger partial charge in [0.2, 0.25) is 5.91 Å². The van der Waals surface area contributed by atoms with Crippen LogP contribution in [0.15, 0.2) is 0 Å². The van der Waals surface area contributed by atoms with Crippen molar-refractivity contribution in [3.8, 4) is 0 Å². The average molecular weight is 352 g/mol. The first kappa shape index (κ1) is 18.5. The summed E-state index contributed by atoms with van der Waals surface area (Å²) in [6, 6.07) is 0.0354. The van der Waals surface area contributed by atoms with Crippen LogP contribution in [0, 0.1) is 0 Å². The van der Waals surface area contributed by atoms with Crippen molar-refractivity contribution in [3.05, 3.63) is 0 Å². The van der Waals surface area contributed by atoms with E-state index in [2.05, 4.69) is 4.90 Å². The molecule has 0 N–H and O–H groups in total. The summed E-state index contributed by atoms with van der Waals surface area (Å²) in [4.78, 5) is 33.4. The molecule has 0 bridgehead atoms. The first-order valence-electron chi connectivity index (χ1n) is 9.81. The molecule has 3 aliphatic heterocycles. The molecule has 3 saturated heterocycles. The number of morpholine rings is 1. The van der Waals surface area contributed by atoms with Gasteiger partial charge in [-0.3, -0.25) is 9.69 Å². The number of carbonyl (C=O) groups excluding carboxylic acids is 2. The Morgan fingerprint density at radius 2 is 1.28 bits per heavy atom. The third-order valence-corrected chi connectivity index (χ3v) is 5.69. The van der Waals surface area contributed by atoms with E-state index in [0.717, 1.165) is 39.0 Å². The third-order valence-electron chi connectivity index (χ3n) is 5.69. The molecular formula is C18H32N4O3. The highest BCUT2D eigenvalue weighted by Crippen LogP contribution is 2.15. The quantitative estimate of drug-likeness (QED) is 0.739. The highest BCUT2D eigenvalue weighted by Gasteiger charge is 2.31. The maximum atomic E-state index is 12.8. The molecule has 0 aliphatic carbocycles. The van der Waals surface area contributed by atoms with Crippen LogP contribution in [0.1, 0.15) is 32.6 Å². The largest absolute Gasteiger partial charge is 0.378 e. The molecule has 0 spiro atoms.